The SMILES string of the molecule is COc1ccc2[nH]c(=O)c(-c3nc4ccccn4c3Nc3cccc(Cl)c3C)cc2c1. The molecule has 31 heavy (non-hydrogen) atoms. The van der Waals surface area contributed by atoms with Crippen molar-refractivity contribution in [3.8, 4) is 17.0 Å². The minimum atomic E-state index is -0.216. The first-order chi connectivity index (χ1) is 15.0. The van der Waals surface area contributed by atoms with Crippen LogP contribution in [0.15, 0.2) is 71.7 Å². The normalized spacial score (nSPS) is 11.2. The van der Waals surface area contributed by atoms with Gasteiger partial charge in [-0.05, 0) is 61.0 Å². The van der Waals surface area contributed by atoms with Gasteiger partial charge in [0.1, 0.15) is 22.9 Å². The van der Waals surface area contributed by atoms with E-state index < -0.39 is 0 Å². The van der Waals surface area contributed by atoms with Gasteiger partial charge in [-0.25, -0.2) is 4.98 Å². The van der Waals surface area contributed by atoms with Gasteiger partial charge in [0.2, 0.25) is 0 Å². The highest BCUT2D eigenvalue weighted by molar-refractivity contribution is 6.31. The van der Waals surface area contributed by atoms with Crippen molar-refractivity contribution in [1.29, 1.82) is 0 Å². The summed E-state index contributed by atoms with van der Waals surface area (Å²) in [5, 5.41) is 4.96. The van der Waals surface area contributed by atoms with Crippen molar-refractivity contribution < 1.29 is 4.74 Å². The fraction of sp³-hybridized carbons (Fsp3) is 0.0833. The first kappa shape index (κ1) is 19.2. The van der Waals surface area contributed by atoms with Gasteiger partial charge >= 0.3 is 0 Å². The number of hydrogen-bond donors (Lipinski definition) is 2. The zero-order chi connectivity index (χ0) is 21.5. The number of aromatic amines is 1. The molecule has 0 radical (unpaired) electrons. The molecule has 0 aliphatic heterocycles. The predicted molar refractivity (Wildman–Crippen MR) is 125 cm³/mol. The van der Waals surface area contributed by atoms with Gasteiger partial charge in [0, 0.05) is 27.8 Å². The first-order valence-corrected chi connectivity index (χ1v) is 10.1. The number of nitrogens with one attached hydrogen (secondary N) is 2. The quantitative estimate of drug-likeness (QED) is 0.391. The summed E-state index contributed by atoms with van der Waals surface area (Å²) in [4.78, 5) is 20.7. The molecule has 0 aliphatic carbocycles. The lowest BCUT2D eigenvalue weighted by Gasteiger charge is -2.12. The summed E-state index contributed by atoms with van der Waals surface area (Å²) in [5.41, 5.74) is 4.02. The highest BCUT2D eigenvalue weighted by Crippen LogP contribution is 2.33. The molecule has 0 saturated carbocycles. The number of pyridine rings is 2. The van der Waals surface area contributed by atoms with Crippen LogP contribution in [0.4, 0.5) is 11.5 Å². The summed E-state index contributed by atoms with van der Waals surface area (Å²) in [6.07, 6.45) is 1.91. The lowest BCUT2D eigenvalue weighted by molar-refractivity contribution is 0.415. The Morgan fingerprint density at radius 1 is 1.10 bits per heavy atom. The van der Waals surface area contributed by atoms with Gasteiger partial charge in [-0.3, -0.25) is 9.20 Å². The minimum Gasteiger partial charge on any atom is -0.497 e. The highest BCUT2D eigenvalue weighted by Gasteiger charge is 2.18. The van der Waals surface area contributed by atoms with Crippen LogP contribution in [-0.4, -0.2) is 21.5 Å². The van der Waals surface area contributed by atoms with Crippen molar-refractivity contribution in [2.45, 2.75) is 6.92 Å². The number of nitrogens with zero attached hydrogens (tertiary/aromatic N) is 2. The van der Waals surface area contributed by atoms with Gasteiger partial charge in [0.05, 0.1) is 12.7 Å². The van der Waals surface area contributed by atoms with Gasteiger partial charge in [-0.1, -0.05) is 23.7 Å². The molecule has 7 heteroatoms. The third-order valence-corrected chi connectivity index (χ3v) is 5.77. The molecule has 2 N–H and O–H groups in total. The molecular weight excluding hydrogens is 412 g/mol. The molecule has 2 aromatic carbocycles. The number of benzene rings is 2. The van der Waals surface area contributed by atoms with Crippen LogP contribution in [0.25, 0.3) is 27.8 Å². The molecule has 5 aromatic rings. The maximum Gasteiger partial charge on any atom is 0.258 e. The Balaban J connectivity index is 1.75. The van der Waals surface area contributed by atoms with E-state index in [9.17, 15) is 4.79 Å². The monoisotopic (exact) mass is 430 g/mol. The van der Waals surface area contributed by atoms with E-state index in [0.29, 0.717) is 27.8 Å². The van der Waals surface area contributed by atoms with E-state index in [1.54, 1.807) is 7.11 Å². The standard InChI is InChI=1S/C24H19ClN4O2/c1-14-18(25)6-5-7-19(14)26-23-22(28-21-8-3-4-11-29(21)23)17-13-15-12-16(31-2)9-10-20(15)27-24(17)30/h3-13,26H,1-2H3,(H,27,30). The van der Waals surface area contributed by atoms with Gasteiger partial charge in [0.25, 0.3) is 5.56 Å². The van der Waals surface area contributed by atoms with Crippen LogP contribution in [0.1, 0.15) is 5.56 Å². The largest absolute Gasteiger partial charge is 0.497 e. The fourth-order valence-corrected chi connectivity index (χ4v) is 3.84. The number of imidazole rings is 1. The Labute approximate surface area is 183 Å². The Bertz CT molecular complexity index is 1500. The molecule has 154 valence electrons. The maximum atomic E-state index is 13.0. The van der Waals surface area contributed by atoms with Crippen LogP contribution in [0.2, 0.25) is 5.02 Å². The lowest BCUT2D eigenvalue weighted by Crippen LogP contribution is -2.10. The number of methoxy groups -OCH3 is 1. The summed E-state index contributed by atoms with van der Waals surface area (Å²) in [7, 11) is 1.62. The molecule has 0 atom stereocenters. The van der Waals surface area contributed by atoms with E-state index in [-0.39, 0.29) is 5.56 Å². The molecule has 6 nitrogen and oxygen atoms in total. The number of aromatic nitrogens is 3. The van der Waals surface area contributed by atoms with Crippen molar-refractivity contribution in [1.82, 2.24) is 14.4 Å². The molecule has 0 bridgehead atoms. The molecule has 3 aromatic heterocycles. The molecule has 0 fully saturated rings. The fourth-order valence-electron chi connectivity index (χ4n) is 3.66. The average Bonchev–Trinajstić information content (AvgIpc) is 3.14. The van der Waals surface area contributed by atoms with E-state index in [2.05, 4.69) is 10.3 Å². The van der Waals surface area contributed by atoms with Gasteiger partial charge in [-0.2, -0.15) is 0 Å². The summed E-state index contributed by atoms with van der Waals surface area (Å²) in [6.45, 7) is 1.95. The zero-order valence-corrected chi connectivity index (χ0v) is 17.7. The van der Waals surface area contributed by atoms with Crippen LogP contribution >= 0.6 is 11.6 Å². The number of halogens is 1. The summed E-state index contributed by atoms with van der Waals surface area (Å²) < 4.78 is 7.26. The van der Waals surface area contributed by atoms with E-state index in [1.807, 2.05) is 78.2 Å². The van der Waals surface area contributed by atoms with Crippen molar-refractivity contribution >= 4 is 39.7 Å². The average molecular weight is 431 g/mol. The second-order valence-electron chi connectivity index (χ2n) is 7.24. The van der Waals surface area contributed by atoms with Gasteiger partial charge < -0.3 is 15.0 Å². The van der Waals surface area contributed by atoms with Crippen molar-refractivity contribution in [3.05, 3.63) is 87.8 Å². The molecular formula is C24H19ClN4O2. The smallest absolute Gasteiger partial charge is 0.258 e. The summed E-state index contributed by atoms with van der Waals surface area (Å²) in [6, 6.07) is 18.8. The second-order valence-corrected chi connectivity index (χ2v) is 7.65. The maximum absolute atomic E-state index is 13.0. The van der Waals surface area contributed by atoms with Crippen molar-refractivity contribution in [3.63, 3.8) is 0 Å². The van der Waals surface area contributed by atoms with E-state index in [1.165, 1.54) is 0 Å². The number of fused-ring (bicyclic) bond motifs is 2. The molecule has 0 amide bonds. The summed E-state index contributed by atoms with van der Waals surface area (Å²) >= 11 is 6.32. The third kappa shape index (κ3) is 3.31. The Hall–Kier alpha value is -3.77. The lowest BCUT2D eigenvalue weighted by atomic mass is 10.1. The zero-order valence-electron chi connectivity index (χ0n) is 16.9. The predicted octanol–water partition coefficient (Wildman–Crippen LogP) is 5.56. The first-order valence-electron chi connectivity index (χ1n) is 9.76. The Kier molecular flexibility index (Phi) is 4.64. The van der Waals surface area contributed by atoms with Crippen molar-refractivity contribution in [2.75, 3.05) is 12.4 Å². The molecule has 0 spiro atoms. The van der Waals surface area contributed by atoms with Crippen LogP contribution in [0.5, 0.6) is 5.75 Å². The highest BCUT2D eigenvalue weighted by atomic mass is 35.5. The number of ether oxygens (including phenoxy) is 1. The minimum absolute atomic E-state index is 0.216. The van der Waals surface area contributed by atoms with E-state index in [0.717, 1.165) is 27.8 Å². The second kappa shape index (κ2) is 7.49. The molecule has 0 aliphatic rings. The number of H-pyrrole nitrogens is 1. The topological polar surface area (TPSA) is 71.4 Å². The number of anilines is 2. The number of rotatable bonds is 4. The molecule has 0 saturated heterocycles. The van der Waals surface area contributed by atoms with Crippen LogP contribution in [-0.2, 0) is 0 Å². The van der Waals surface area contributed by atoms with E-state index in [4.69, 9.17) is 21.3 Å². The van der Waals surface area contributed by atoms with Gasteiger partial charge in [0.15, 0.2) is 0 Å². The molecule has 5 rings (SSSR count). The van der Waals surface area contributed by atoms with Crippen LogP contribution in [0.3, 0.4) is 0 Å². The number of hydrogen-bond acceptors (Lipinski definition) is 4. The van der Waals surface area contributed by atoms with Crippen LogP contribution in [0, 0.1) is 6.92 Å². The van der Waals surface area contributed by atoms with E-state index >= 15 is 0 Å². The molecule has 3 heterocycles. The Morgan fingerprint density at radius 3 is 2.81 bits per heavy atom. The van der Waals surface area contributed by atoms with Crippen molar-refractivity contribution in [2.24, 2.45) is 0 Å². The Morgan fingerprint density at radius 2 is 1.97 bits per heavy atom. The summed E-state index contributed by atoms with van der Waals surface area (Å²) in [5.74, 6) is 1.40. The third-order valence-electron chi connectivity index (χ3n) is 5.36. The molecule has 0 unspecified atom stereocenters. The van der Waals surface area contributed by atoms with Gasteiger partial charge in [-0.15, -0.1) is 0 Å². The van der Waals surface area contributed by atoms with Crippen LogP contribution < -0.4 is 15.6 Å².